The number of carboxylic acid groups (broad SMARTS) is 1. The Hall–Kier alpha value is -1.96. The molecule has 0 radical (unpaired) electrons. The Morgan fingerprint density at radius 1 is 1.52 bits per heavy atom. The third-order valence-corrected chi connectivity index (χ3v) is 3.26. The molecule has 1 unspecified atom stereocenters. The van der Waals surface area contributed by atoms with Gasteiger partial charge in [0, 0.05) is 18.5 Å². The molecule has 1 atom stereocenters. The second-order valence-electron chi connectivity index (χ2n) is 6.14. The van der Waals surface area contributed by atoms with Crippen LogP contribution < -0.4 is 5.32 Å². The van der Waals surface area contributed by atoms with Gasteiger partial charge in [-0.1, -0.05) is 25.9 Å². The van der Waals surface area contributed by atoms with Crippen LogP contribution in [-0.2, 0) is 21.5 Å². The Labute approximate surface area is 122 Å². The van der Waals surface area contributed by atoms with Crippen molar-refractivity contribution in [3.63, 3.8) is 0 Å². The average molecular weight is 296 g/mol. The minimum atomic E-state index is -1.01. The Morgan fingerprint density at radius 3 is 2.81 bits per heavy atom. The number of nitrogens with zero attached hydrogens (tertiary/aromatic N) is 3. The van der Waals surface area contributed by atoms with Gasteiger partial charge in [0.25, 0.3) is 0 Å². The molecule has 2 heterocycles. The zero-order valence-corrected chi connectivity index (χ0v) is 12.4. The van der Waals surface area contributed by atoms with E-state index in [4.69, 9.17) is 9.63 Å². The van der Waals surface area contributed by atoms with Crippen LogP contribution in [0.4, 0.5) is 0 Å². The van der Waals surface area contributed by atoms with Crippen molar-refractivity contribution in [2.75, 3.05) is 13.1 Å². The largest absolute Gasteiger partial charge is 0.481 e. The number of piperazine rings is 1. The van der Waals surface area contributed by atoms with E-state index in [1.807, 2.05) is 20.8 Å². The molecular weight excluding hydrogens is 276 g/mol. The van der Waals surface area contributed by atoms with Crippen molar-refractivity contribution >= 4 is 11.9 Å². The number of carboxylic acids is 1. The molecule has 8 nitrogen and oxygen atoms in total. The van der Waals surface area contributed by atoms with Gasteiger partial charge in [-0.3, -0.25) is 14.5 Å². The molecule has 1 aromatic rings. The van der Waals surface area contributed by atoms with Crippen LogP contribution in [-0.4, -0.2) is 51.2 Å². The molecule has 0 spiro atoms. The molecule has 116 valence electrons. The lowest BCUT2D eigenvalue weighted by molar-refractivity contribution is -0.143. The number of rotatable bonds is 4. The monoisotopic (exact) mass is 296 g/mol. The number of carbonyl (C=O) groups excluding carboxylic acids is 1. The molecule has 1 amide bonds. The molecule has 1 fully saturated rings. The van der Waals surface area contributed by atoms with Crippen LogP contribution in [0.1, 0.15) is 38.9 Å². The summed E-state index contributed by atoms with van der Waals surface area (Å²) >= 11 is 0. The lowest BCUT2D eigenvalue weighted by atomic mass is 9.97. The Morgan fingerprint density at radius 2 is 2.24 bits per heavy atom. The highest BCUT2D eigenvalue weighted by molar-refractivity contribution is 5.86. The number of aromatic nitrogens is 2. The number of hydrogen-bond donors (Lipinski definition) is 2. The van der Waals surface area contributed by atoms with Crippen molar-refractivity contribution in [3.05, 3.63) is 11.7 Å². The van der Waals surface area contributed by atoms with Gasteiger partial charge in [-0.15, -0.1) is 0 Å². The van der Waals surface area contributed by atoms with Gasteiger partial charge >= 0.3 is 5.97 Å². The van der Waals surface area contributed by atoms with E-state index in [0.717, 1.165) is 0 Å². The molecule has 1 aliphatic heterocycles. The van der Waals surface area contributed by atoms with E-state index < -0.39 is 12.0 Å². The van der Waals surface area contributed by atoms with Gasteiger partial charge in [0.2, 0.25) is 11.8 Å². The van der Waals surface area contributed by atoms with Crippen LogP contribution in [0.5, 0.6) is 0 Å². The highest BCUT2D eigenvalue weighted by Gasteiger charge is 2.32. The smallest absolute Gasteiger partial charge is 0.305 e. The van der Waals surface area contributed by atoms with Crippen LogP contribution >= 0.6 is 0 Å². The maximum Gasteiger partial charge on any atom is 0.305 e. The number of hydrogen-bond acceptors (Lipinski definition) is 6. The third kappa shape index (κ3) is 3.78. The van der Waals surface area contributed by atoms with Crippen molar-refractivity contribution in [3.8, 4) is 0 Å². The summed E-state index contributed by atoms with van der Waals surface area (Å²) in [4.78, 5) is 28.8. The predicted octanol–water partition coefficient (Wildman–Crippen LogP) is 0.142. The second-order valence-corrected chi connectivity index (χ2v) is 6.14. The molecule has 8 heteroatoms. The first-order chi connectivity index (χ1) is 9.77. The van der Waals surface area contributed by atoms with Crippen LogP contribution in [0, 0.1) is 0 Å². The molecule has 2 rings (SSSR count). The number of nitrogens with one attached hydrogen (secondary N) is 1. The molecule has 21 heavy (non-hydrogen) atoms. The van der Waals surface area contributed by atoms with E-state index in [1.54, 1.807) is 4.90 Å². The predicted molar refractivity (Wildman–Crippen MR) is 72.5 cm³/mol. The lowest BCUT2D eigenvalue weighted by Gasteiger charge is -2.33. The SMILES string of the molecule is CC(C)(C)c1nc(CN2CCNC(=O)C2CC(=O)O)no1. The van der Waals surface area contributed by atoms with E-state index in [-0.39, 0.29) is 17.7 Å². The summed E-state index contributed by atoms with van der Waals surface area (Å²) in [6.07, 6.45) is -0.240. The van der Waals surface area contributed by atoms with E-state index in [2.05, 4.69) is 15.5 Å². The molecule has 0 bridgehead atoms. The fraction of sp³-hybridized carbons (Fsp3) is 0.692. The van der Waals surface area contributed by atoms with Crippen molar-refractivity contribution in [1.29, 1.82) is 0 Å². The third-order valence-electron chi connectivity index (χ3n) is 3.26. The zero-order valence-electron chi connectivity index (χ0n) is 12.4. The van der Waals surface area contributed by atoms with E-state index in [0.29, 0.717) is 31.3 Å². The molecular formula is C13H20N4O4. The number of aliphatic carboxylic acids is 1. The molecule has 1 saturated heterocycles. The normalized spacial score (nSPS) is 20.3. The van der Waals surface area contributed by atoms with Crippen LogP contribution in [0.3, 0.4) is 0 Å². The zero-order chi connectivity index (χ0) is 15.6. The fourth-order valence-electron chi connectivity index (χ4n) is 2.14. The minimum absolute atomic E-state index is 0.240. The minimum Gasteiger partial charge on any atom is -0.481 e. The fourth-order valence-corrected chi connectivity index (χ4v) is 2.14. The Balaban J connectivity index is 2.10. The molecule has 1 aliphatic rings. The second kappa shape index (κ2) is 5.80. The summed E-state index contributed by atoms with van der Waals surface area (Å²) < 4.78 is 5.21. The van der Waals surface area contributed by atoms with E-state index in [1.165, 1.54) is 0 Å². The van der Waals surface area contributed by atoms with E-state index in [9.17, 15) is 9.59 Å². The lowest BCUT2D eigenvalue weighted by Crippen LogP contribution is -2.55. The van der Waals surface area contributed by atoms with Gasteiger partial charge in [-0.25, -0.2) is 0 Å². The maximum absolute atomic E-state index is 11.8. The molecule has 0 aliphatic carbocycles. The van der Waals surface area contributed by atoms with Crippen molar-refractivity contribution in [1.82, 2.24) is 20.4 Å². The van der Waals surface area contributed by atoms with Crippen LogP contribution in [0.25, 0.3) is 0 Å². The molecule has 2 N–H and O–H groups in total. The first-order valence-electron chi connectivity index (χ1n) is 6.84. The van der Waals surface area contributed by atoms with Gasteiger partial charge in [0.1, 0.15) is 6.04 Å². The molecule has 1 aromatic heterocycles. The van der Waals surface area contributed by atoms with Crippen LogP contribution in [0.15, 0.2) is 4.52 Å². The highest BCUT2D eigenvalue weighted by atomic mass is 16.5. The highest BCUT2D eigenvalue weighted by Crippen LogP contribution is 2.20. The summed E-state index contributed by atoms with van der Waals surface area (Å²) in [6.45, 7) is 7.23. The van der Waals surface area contributed by atoms with Crippen molar-refractivity contribution in [2.45, 2.75) is 45.2 Å². The summed E-state index contributed by atoms with van der Waals surface area (Å²) in [5.41, 5.74) is -0.245. The number of carbonyl (C=O) groups is 2. The summed E-state index contributed by atoms with van der Waals surface area (Å²) in [7, 11) is 0. The number of amides is 1. The topological polar surface area (TPSA) is 109 Å². The standard InChI is InChI=1S/C13H20N4O4/c1-13(2,3)12-15-9(16-21-12)7-17-5-4-14-11(20)8(17)6-10(18)19/h8H,4-7H2,1-3H3,(H,14,20)(H,18,19). The van der Waals surface area contributed by atoms with Gasteiger partial charge < -0.3 is 14.9 Å². The molecule has 0 aromatic carbocycles. The summed E-state index contributed by atoms with van der Waals surface area (Å²) in [5.74, 6) is -0.299. The Kier molecular flexibility index (Phi) is 4.26. The summed E-state index contributed by atoms with van der Waals surface area (Å²) in [5, 5.41) is 15.5. The van der Waals surface area contributed by atoms with Crippen LogP contribution in [0.2, 0.25) is 0 Å². The van der Waals surface area contributed by atoms with Crippen molar-refractivity contribution in [2.24, 2.45) is 0 Å². The average Bonchev–Trinajstić information content (AvgIpc) is 2.81. The van der Waals surface area contributed by atoms with Gasteiger partial charge in [0.05, 0.1) is 13.0 Å². The summed E-state index contributed by atoms with van der Waals surface area (Å²) in [6, 6.07) is -0.701. The maximum atomic E-state index is 11.8. The van der Waals surface area contributed by atoms with E-state index >= 15 is 0 Å². The first kappa shape index (κ1) is 15.4. The quantitative estimate of drug-likeness (QED) is 0.813. The van der Waals surface area contributed by atoms with Crippen molar-refractivity contribution < 1.29 is 19.2 Å². The van der Waals surface area contributed by atoms with Gasteiger partial charge in [-0.2, -0.15) is 4.98 Å². The van der Waals surface area contributed by atoms with Gasteiger partial charge in [0.15, 0.2) is 5.82 Å². The first-order valence-corrected chi connectivity index (χ1v) is 6.84. The Bertz CT molecular complexity index is 535. The molecule has 0 saturated carbocycles. The van der Waals surface area contributed by atoms with Gasteiger partial charge in [-0.05, 0) is 0 Å².